The fourth-order valence-electron chi connectivity index (χ4n) is 1.09. The molecule has 74 valence electrons. The number of thiazole rings is 1. The lowest BCUT2D eigenvalue weighted by molar-refractivity contribution is 0.742. The van der Waals surface area contributed by atoms with Gasteiger partial charge in [0.1, 0.15) is 6.33 Å². The Labute approximate surface area is 85.8 Å². The lowest BCUT2D eigenvalue weighted by Gasteiger charge is -1.98. The van der Waals surface area contributed by atoms with Crippen molar-refractivity contribution in [2.75, 3.05) is 11.9 Å². The smallest absolute Gasteiger partial charge is 0.182 e. The van der Waals surface area contributed by atoms with Gasteiger partial charge in [0.2, 0.25) is 0 Å². The van der Waals surface area contributed by atoms with Gasteiger partial charge in [-0.1, -0.05) is 0 Å². The highest BCUT2D eigenvalue weighted by Crippen LogP contribution is 2.09. The molecule has 0 aliphatic heterocycles. The van der Waals surface area contributed by atoms with Crippen LogP contribution in [0.2, 0.25) is 0 Å². The van der Waals surface area contributed by atoms with Crippen molar-refractivity contribution < 1.29 is 0 Å². The van der Waals surface area contributed by atoms with Crippen LogP contribution < -0.4 is 5.32 Å². The second kappa shape index (κ2) is 4.19. The van der Waals surface area contributed by atoms with Crippen LogP contribution in [-0.4, -0.2) is 26.3 Å². The van der Waals surface area contributed by atoms with Crippen molar-refractivity contribution >= 4 is 16.5 Å². The SMILES string of the molecule is Cn1cnc(CCNc2nccs2)n1. The first-order chi connectivity index (χ1) is 6.84. The summed E-state index contributed by atoms with van der Waals surface area (Å²) >= 11 is 1.60. The van der Waals surface area contributed by atoms with E-state index >= 15 is 0 Å². The highest BCUT2D eigenvalue weighted by molar-refractivity contribution is 7.13. The summed E-state index contributed by atoms with van der Waals surface area (Å²) in [7, 11) is 1.87. The molecule has 0 atom stereocenters. The standard InChI is InChI=1S/C8H11N5S/c1-13-6-11-7(12-13)2-3-9-8-10-4-5-14-8/h4-6H,2-3H2,1H3,(H,9,10). The minimum absolute atomic E-state index is 0.817. The lowest BCUT2D eigenvalue weighted by atomic mass is 10.4. The molecular weight excluding hydrogens is 198 g/mol. The number of nitrogens with one attached hydrogen (secondary N) is 1. The Morgan fingerprint density at radius 3 is 3.07 bits per heavy atom. The first kappa shape index (κ1) is 9.14. The number of anilines is 1. The number of hydrogen-bond acceptors (Lipinski definition) is 5. The summed E-state index contributed by atoms with van der Waals surface area (Å²) in [5.74, 6) is 0.858. The van der Waals surface area contributed by atoms with Crippen molar-refractivity contribution in [1.29, 1.82) is 0 Å². The molecule has 0 bridgehead atoms. The average Bonchev–Trinajstić information content (AvgIpc) is 2.77. The van der Waals surface area contributed by atoms with Crippen LogP contribution in [0.15, 0.2) is 17.9 Å². The van der Waals surface area contributed by atoms with Crippen LogP contribution in [0, 0.1) is 0 Å². The Bertz CT molecular complexity index is 380. The van der Waals surface area contributed by atoms with Crippen molar-refractivity contribution in [2.24, 2.45) is 7.05 Å². The van der Waals surface area contributed by atoms with E-state index in [0.29, 0.717) is 0 Å². The molecule has 0 saturated heterocycles. The molecule has 0 fully saturated rings. The molecule has 1 N–H and O–H groups in total. The Hall–Kier alpha value is -1.43. The molecule has 5 nitrogen and oxygen atoms in total. The average molecular weight is 209 g/mol. The molecule has 0 aliphatic rings. The molecule has 0 radical (unpaired) electrons. The van der Waals surface area contributed by atoms with Gasteiger partial charge in [-0.05, 0) is 0 Å². The van der Waals surface area contributed by atoms with Crippen LogP contribution in [0.3, 0.4) is 0 Å². The topological polar surface area (TPSA) is 55.6 Å². The molecule has 0 aliphatic carbocycles. The highest BCUT2D eigenvalue weighted by atomic mass is 32.1. The minimum atomic E-state index is 0.817. The zero-order chi connectivity index (χ0) is 9.80. The fourth-order valence-corrected chi connectivity index (χ4v) is 1.65. The van der Waals surface area contributed by atoms with Crippen LogP contribution >= 0.6 is 11.3 Å². The third-order valence-electron chi connectivity index (χ3n) is 1.70. The summed E-state index contributed by atoms with van der Waals surface area (Å²) in [6, 6.07) is 0. The van der Waals surface area contributed by atoms with Gasteiger partial charge in [0.15, 0.2) is 11.0 Å². The molecule has 2 heterocycles. The first-order valence-corrected chi connectivity index (χ1v) is 5.20. The second-order valence-corrected chi connectivity index (χ2v) is 3.74. The Morgan fingerprint density at radius 1 is 1.50 bits per heavy atom. The molecular formula is C8H11N5S. The van der Waals surface area contributed by atoms with Gasteiger partial charge in [-0.3, -0.25) is 4.68 Å². The van der Waals surface area contributed by atoms with Crippen LogP contribution in [0.1, 0.15) is 5.82 Å². The minimum Gasteiger partial charge on any atom is -0.361 e. The Balaban J connectivity index is 1.78. The normalized spacial score (nSPS) is 10.4. The summed E-state index contributed by atoms with van der Waals surface area (Å²) in [6.45, 7) is 0.817. The molecule has 2 aromatic rings. The number of nitrogens with zero attached hydrogens (tertiary/aromatic N) is 4. The molecule has 0 spiro atoms. The first-order valence-electron chi connectivity index (χ1n) is 4.32. The summed E-state index contributed by atoms with van der Waals surface area (Å²) in [6.07, 6.45) is 4.31. The Kier molecular flexibility index (Phi) is 2.73. The van der Waals surface area contributed by atoms with Gasteiger partial charge in [-0.25, -0.2) is 9.97 Å². The van der Waals surface area contributed by atoms with E-state index in [2.05, 4.69) is 20.4 Å². The third kappa shape index (κ3) is 2.29. The van der Waals surface area contributed by atoms with Crippen LogP contribution in [0.4, 0.5) is 5.13 Å². The summed E-state index contributed by atoms with van der Waals surface area (Å²) in [4.78, 5) is 8.24. The fraction of sp³-hybridized carbons (Fsp3) is 0.375. The van der Waals surface area contributed by atoms with E-state index in [-0.39, 0.29) is 0 Å². The zero-order valence-corrected chi connectivity index (χ0v) is 8.66. The van der Waals surface area contributed by atoms with E-state index in [4.69, 9.17) is 0 Å². The van der Waals surface area contributed by atoms with Gasteiger partial charge in [-0.2, -0.15) is 5.10 Å². The number of rotatable bonds is 4. The van der Waals surface area contributed by atoms with Gasteiger partial charge >= 0.3 is 0 Å². The van der Waals surface area contributed by atoms with Crippen LogP contribution in [0.25, 0.3) is 0 Å². The maximum Gasteiger partial charge on any atom is 0.182 e. The summed E-state index contributed by atoms with van der Waals surface area (Å²) < 4.78 is 1.71. The van der Waals surface area contributed by atoms with Crippen LogP contribution in [0.5, 0.6) is 0 Å². The van der Waals surface area contributed by atoms with E-state index in [1.54, 1.807) is 28.5 Å². The number of hydrogen-bond donors (Lipinski definition) is 1. The summed E-state index contributed by atoms with van der Waals surface area (Å²) in [5.41, 5.74) is 0. The molecule has 0 unspecified atom stereocenters. The maximum absolute atomic E-state index is 4.18. The predicted octanol–water partition coefficient (Wildman–Crippen LogP) is 0.926. The highest BCUT2D eigenvalue weighted by Gasteiger charge is 1.98. The second-order valence-electron chi connectivity index (χ2n) is 2.85. The summed E-state index contributed by atoms with van der Waals surface area (Å²) in [5, 5.41) is 10.3. The quantitative estimate of drug-likeness (QED) is 0.813. The lowest BCUT2D eigenvalue weighted by Crippen LogP contribution is -2.05. The molecule has 0 amide bonds. The van der Waals surface area contributed by atoms with Crippen molar-refractivity contribution in [2.45, 2.75) is 6.42 Å². The predicted molar refractivity (Wildman–Crippen MR) is 55.3 cm³/mol. The van der Waals surface area contributed by atoms with E-state index in [1.807, 2.05) is 12.4 Å². The number of aromatic nitrogens is 4. The van der Waals surface area contributed by atoms with Gasteiger partial charge in [0, 0.05) is 31.6 Å². The van der Waals surface area contributed by atoms with E-state index in [1.165, 1.54) is 0 Å². The molecule has 2 rings (SSSR count). The Morgan fingerprint density at radius 2 is 2.43 bits per heavy atom. The van der Waals surface area contributed by atoms with Crippen molar-refractivity contribution in [1.82, 2.24) is 19.7 Å². The molecule has 14 heavy (non-hydrogen) atoms. The largest absolute Gasteiger partial charge is 0.361 e. The monoisotopic (exact) mass is 209 g/mol. The van der Waals surface area contributed by atoms with E-state index in [0.717, 1.165) is 23.9 Å². The van der Waals surface area contributed by atoms with E-state index < -0.39 is 0 Å². The van der Waals surface area contributed by atoms with Gasteiger partial charge in [0.25, 0.3) is 0 Å². The van der Waals surface area contributed by atoms with Crippen molar-refractivity contribution in [3.8, 4) is 0 Å². The third-order valence-corrected chi connectivity index (χ3v) is 2.43. The maximum atomic E-state index is 4.18. The van der Waals surface area contributed by atoms with Crippen molar-refractivity contribution in [3.05, 3.63) is 23.7 Å². The van der Waals surface area contributed by atoms with Gasteiger partial charge in [-0.15, -0.1) is 11.3 Å². The molecule has 6 heteroatoms. The van der Waals surface area contributed by atoms with Crippen LogP contribution in [-0.2, 0) is 13.5 Å². The molecule has 0 aromatic carbocycles. The molecule has 2 aromatic heterocycles. The van der Waals surface area contributed by atoms with Gasteiger partial charge in [0.05, 0.1) is 0 Å². The van der Waals surface area contributed by atoms with Crippen molar-refractivity contribution in [3.63, 3.8) is 0 Å². The zero-order valence-electron chi connectivity index (χ0n) is 7.84. The molecule has 0 saturated carbocycles. The van der Waals surface area contributed by atoms with Gasteiger partial charge < -0.3 is 5.32 Å². The van der Waals surface area contributed by atoms with E-state index in [9.17, 15) is 0 Å². The number of aryl methyl sites for hydroxylation is 1.